The molecule has 2 atom stereocenters. The van der Waals surface area contributed by atoms with Crippen LogP contribution in [0.3, 0.4) is 0 Å². The molecule has 1 fully saturated rings. The van der Waals surface area contributed by atoms with Crippen LogP contribution in [0.2, 0.25) is 0 Å². The number of hydrogen-bond donors (Lipinski definition) is 1. The van der Waals surface area contributed by atoms with Gasteiger partial charge in [-0.1, -0.05) is 36.8 Å². The number of hydrogen-bond acceptors (Lipinski definition) is 4. The molecular formula is C16H26N2O2S. The van der Waals surface area contributed by atoms with Gasteiger partial charge in [0.25, 0.3) is 0 Å². The minimum absolute atomic E-state index is 0.337. The van der Waals surface area contributed by atoms with Crippen molar-refractivity contribution in [1.82, 2.24) is 4.90 Å². The molecule has 1 aliphatic carbocycles. The van der Waals surface area contributed by atoms with Crippen LogP contribution in [0, 0.1) is 0 Å². The van der Waals surface area contributed by atoms with Gasteiger partial charge in [-0.3, -0.25) is 4.90 Å². The molecule has 0 saturated heterocycles. The molecule has 2 unspecified atom stereocenters. The van der Waals surface area contributed by atoms with E-state index in [1.54, 1.807) is 0 Å². The molecule has 1 aromatic rings. The van der Waals surface area contributed by atoms with E-state index in [0.29, 0.717) is 6.54 Å². The average Bonchev–Trinajstić information content (AvgIpc) is 2.91. The van der Waals surface area contributed by atoms with Crippen molar-refractivity contribution in [2.75, 3.05) is 26.4 Å². The van der Waals surface area contributed by atoms with Gasteiger partial charge >= 0.3 is 0 Å². The lowest BCUT2D eigenvalue weighted by molar-refractivity contribution is 0.136. The minimum atomic E-state index is -3.07. The second-order valence-electron chi connectivity index (χ2n) is 6.18. The van der Waals surface area contributed by atoms with E-state index in [2.05, 4.69) is 17.0 Å². The third-order valence-corrected chi connectivity index (χ3v) is 6.59. The Bertz CT molecular complexity index is 559. The zero-order chi connectivity index (χ0) is 15.5. The highest BCUT2D eigenvalue weighted by molar-refractivity contribution is 7.91. The molecule has 0 heterocycles. The Labute approximate surface area is 128 Å². The van der Waals surface area contributed by atoms with Crippen molar-refractivity contribution >= 4 is 9.84 Å². The Morgan fingerprint density at radius 2 is 2.00 bits per heavy atom. The molecule has 5 heteroatoms. The number of rotatable bonds is 6. The number of benzene rings is 1. The molecule has 0 amide bonds. The third-order valence-electron chi connectivity index (χ3n) is 4.88. The first kappa shape index (κ1) is 16.5. The van der Waals surface area contributed by atoms with Gasteiger partial charge in [0.1, 0.15) is 0 Å². The van der Waals surface area contributed by atoms with Crippen molar-refractivity contribution < 1.29 is 8.42 Å². The first-order chi connectivity index (χ1) is 9.90. The standard InChI is InChI=1S/C16H26N2O2S/c1-18(12-10-14-7-4-3-5-8-14)16(13-17)11-6-9-15(16)21(2,19)20/h3-5,7-8,15H,6,9-13,17H2,1-2H3. The van der Waals surface area contributed by atoms with Crippen LogP contribution < -0.4 is 5.73 Å². The fourth-order valence-corrected chi connectivity index (χ4v) is 5.41. The molecule has 0 aromatic heterocycles. The Kier molecular flexibility index (Phi) is 5.07. The normalized spacial score (nSPS) is 26.4. The van der Waals surface area contributed by atoms with E-state index in [1.807, 2.05) is 25.2 Å². The summed E-state index contributed by atoms with van der Waals surface area (Å²) in [6.45, 7) is 1.23. The molecule has 4 nitrogen and oxygen atoms in total. The summed E-state index contributed by atoms with van der Waals surface area (Å²) in [5.74, 6) is 0. The van der Waals surface area contributed by atoms with Crippen molar-refractivity contribution in [3.8, 4) is 0 Å². The van der Waals surface area contributed by atoms with Crippen LogP contribution >= 0.6 is 0 Å². The maximum Gasteiger partial charge on any atom is 0.152 e. The monoisotopic (exact) mass is 310 g/mol. The van der Waals surface area contributed by atoms with Gasteiger partial charge in [0.2, 0.25) is 0 Å². The van der Waals surface area contributed by atoms with Crippen LogP contribution in [-0.4, -0.2) is 50.5 Å². The van der Waals surface area contributed by atoms with Gasteiger partial charge in [-0.25, -0.2) is 8.42 Å². The lowest BCUT2D eigenvalue weighted by Crippen LogP contribution is -2.59. The first-order valence-electron chi connectivity index (χ1n) is 7.54. The molecule has 0 aliphatic heterocycles. The Hall–Kier alpha value is -0.910. The van der Waals surface area contributed by atoms with Gasteiger partial charge in [-0.05, 0) is 31.9 Å². The molecule has 0 spiro atoms. The highest BCUT2D eigenvalue weighted by atomic mass is 32.2. The Morgan fingerprint density at radius 3 is 2.57 bits per heavy atom. The molecule has 0 radical (unpaired) electrons. The van der Waals surface area contributed by atoms with Crippen molar-refractivity contribution in [3.63, 3.8) is 0 Å². The number of nitrogens with two attached hydrogens (primary N) is 1. The van der Waals surface area contributed by atoms with Crippen molar-refractivity contribution in [2.24, 2.45) is 5.73 Å². The van der Waals surface area contributed by atoms with Crippen LogP contribution in [0.4, 0.5) is 0 Å². The van der Waals surface area contributed by atoms with Gasteiger partial charge in [0.15, 0.2) is 9.84 Å². The zero-order valence-corrected chi connectivity index (χ0v) is 13.8. The van der Waals surface area contributed by atoms with E-state index in [-0.39, 0.29) is 5.25 Å². The Morgan fingerprint density at radius 1 is 1.33 bits per heavy atom. The van der Waals surface area contributed by atoms with Crippen LogP contribution in [0.1, 0.15) is 24.8 Å². The first-order valence-corrected chi connectivity index (χ1v) is 9.50. The molecule has 2 rings (SSSR count). The topological polar surface area (TPSA) is 63.4 Å². The van der Waals surface area contributed by atoms with E-state index in [4.69, 9.17) is 5.73 Å². The van der Waals surface area contributed by atoms with Gasteiger partial charge in [-0.2, -0.15) is 0 Å². The number of nitrogens with zero attached hydrogens (tertiary/aromatic N) is 1. The minimum Gasteiger partial charge on any atom is -0.329 e. The molecule has 1 aromatic carbocycles. The second kappa shape index (κ2) is 6.46. The van der Waals surface area contributed by atoms with E-state index in [1.165, 1.54) is 11.8 Å². The quantitative estimate of drug-likeness (QED) is 0.864. The zero-order valence-electron chi connectivity index (χ0n) is 13.0. The number of sulfone groups is 1. The molecule has 1 saturated carbocycles. The number of likely N-dealkylation sites (N-methyl/N-ethyl adjacent to an activating group) is 1. The predicted octanol–water partition coefficient (Wildman–Crippen LogP) is 1.46. The van der Waals surface area contributed by atoms with Gasteiger partial charge in [-0.15, -0.1) is 0 Å². The smallest absolute Gasteiger partial charge is 0.152 e. The van der Waals surface area contributed by atoms with Crippen LogP contribution in [0.25, 0.3) is 0 Å². The summed E-state index contributed by atoms with van der Waals surface area (Å²) in [5, 5.41) is -0.337. The van der Waals surface area contributed by atoms with Crippen LogP contribution in [-0.2, 0) is 16.3 Å². The van der Waals surface area contributed by atoms with Crippen molar-refractivity contribution in [2.45, 2.75) is 36.5 Å². The van der Waals surface area contributed by atoms with Crippen LogP contribution in [0.15, 0.2) is 30.3 Å². The van der Waals surface area contributed by atoms with E-state index < -0.39 is 15.4 Å². The Balaban J connectivity index is 2.12. The summed E-state index contributed by atoms with van der Waals surface area (Å²) in [6.07, 6.45) is 4.79. The van der Waals surface area contributed by atoms with Gasteiger partial charge in [0, 0.05) is 24.9 Å². The van der Waals surface area contributed by atoms with Crippen molar-refractivity contribution in [1.29, 1.82) is 0 Å². The summed E-state index contributed by atoms with van der Waals surface area (Å²) >= 11 is 0. The van der Waals surface area contributed by atoms with E-state index in [9.17, 15) is 8.42 Å². The molecule has 2 N–H and O–H groups in total. The average molecular weight is 310 g/mol. The highest BCUT2D eigenvalue weighted by Gasteiger charge is 2.49. The van der Waals surface area contributed by atoms with Gasteiger partial charge in [0.05, 0.1) is 5.25 Å². The van der Waals surface area contributed by atoms with E-state index >= 15 is 0 Å². The summed E-state index contributed by atoms with van der Waals surface area (Å²) in [4.78, 5) is 2.18. The van der Waals surface area contributed by atoms with Gasteiger partial charge < -0.3 is 5.73 Å². The lowest BCUT2D eigenvalue weighted by Gasteiger charge is -2.42. The lowest BCUT2D eigenvalue weighted by atomic mass is 9.94. The van der Waals surface area contributed by atoms with E-state index in [0.717, 1.165) is 32.2 Å². The predicted molar refractivity (Wildman–Crippen MR) is 87.0 cm³/mol. The summed E-state index contributed by atoms with van der Waals surface area (Å²) in [6, 6.07) is 10.3. The summed E-state index contributed by atoms with van der Waals surface area (Å²) in [7, 11) is -1.06. The second-order valence-corrected chi connectivity index (χ2v) is 8.40. The molecule has 21 heavy (non-hydrogen) atoms. The summed E-state index contributed by atoms with van der Waals surface area (Å²) < 4.78 is 24.2. The third kappa shape index (κ3) is 3.47. The molecule has 118 valence electrons. The molecule has 0 bridgehead atoms. The maximum absolute atomic E-state index is 12.1. The fraction of sp³-hybridized carbons (Fsp3) is 0.625. The van der Waals surface area contributed by atoms with Crippen LogP contribution in [0.5, 0.6) is 0 Å². The van der Waals surface area contributed by atoms with Crippen molar-refractivity contribution in [3.05, 3.63) is 35.9 Å². The summed E-state index contributed by atoms with van der Waals surface area (Å²) in [5.41, 5.74) is 6.89. The maximum atomic E-state index is 12.1. The molecular weight excluding hydrogens is 284 g/mol. The SMILES string of the molecule is CN(CCc1ccccc1)C1(CN)CCCC1S(C)(=O)=O. The highest BCUT2D eigenvalue weighted by Crippen LogP contribution is 2.38. The largest absolute Gasteiger partial charge is 0.329 e. The molecule has 1 aliphatic rings. The fourth-order valence-electron chi connectivity index (χ4n) is 3.63.